The van der Waals surface area contributed by atoms with E-state index >= 15 is 0 Å². The predicted octanol–water partition coefficient (Wildman–Crippen LogP) is 3.23. The minimum absolute atomic E-state index is 0.235. The average molecular weight is 266 g/mol. The molecule has 0 bridgehead atoms. The second-order valence-electron chi connectivity index (χ2n) is 5.16. The number of hydrogen-bond acceptors (Lipinski definition) is 3. The number of carbonyl (C=O) groups is 2. The van der Waals surface area contributed by atoms with Gasteiger partial charge in [0.1, 0.15) is 5.60 Å². The lowest BCUT2D eigenvalue weighted by atomic mass is 10.1. The third kappa shape index (κ3) is 4.89. The van der Waals surface area contributed by atoms with Crippen LogP contribution in [0.25, 0.3) is 0 Å². The first-order valence-electron chi connectivity index (χ1n) is 6.71. The summed E-state index contributed by atoms with van der Waals surface area (Å²) in [6, 6.07) is 0. The topological polar surface area (TPSA) is 63.6 Å². The van der Waals surface area contributed by atoms with Crippen molar-refractivity contribution in [2.45, 2.75) is 58.0 Å². The number of allylic oxidation sites excluding steroid dienone is 1. The molecule has 1 aliphatic carbocycles. The average Bonchev–Trinajstić information content (AvgIpc) is 3.08. The fourth-order valence-electron chi connectivity index (χ4n) is 1.92. The Balaban J connectivity index is 2.36. The van der Waals surface area contributed by atoms with Crippen LogP contribution in [0, 0.1) is 0 Å². The van der Waals surface area contributed by atoms with Gasteiger partial charge in [0.25, 0.3) is 0 Å². The van der Waals surface area contributed by atoms with Crippen molar-refractivity contribution in [2.24, 2.45) is 0 Å². The summed E-state index contributed by atoms with van der Waals surface area (Å²) < 4.78 is 5.48. The molecule has 0 spiro atoms. The second-order valence-corrected chi connectivity index (χ2v) is 5.16. The molecular formula is C15H22O4. The molecule has 0 aromatic rings. The lowest BCUT2D eigenvalue weighted by Crippen LogP contribution is -2.20. The summed E-state index contributed by atoms with van der Waals surface area (Å²) in [5.41, 5.74) is 0.462. The number of rotatable bonds is 8. The molecule has 0 radical (unpaired) electrons. The zero-order chi connectivity index (χ0) is 14.5. The molecule has 1 aliphatic rings. The molecule has 0 aromatic heterocycles. The van der Waals surface area contributed by atoms with Gasteiger partial charge in [-0.25, -0.2) is 9.59 Å². The van der Waals surface area contributed by atoms with E-state index in [0.29, 0.717) is 18.4 Å². The SMILES string of the molecule is C=C(CCC=C(C)C(=O)O)C(=O)OC1(CCC)CC1. The largest absolute Gasteiger partial charge is 0.478 e. The molecule has 0 heterocycles. The molecule has 0 atom stereocenters. The first-order valence-corrected chi connectivity index (χ1v) is 6.71. The van der Waals surface area contributed by atoms with Gasteiger partial charge in [0.15, 0.2) is 0 Å². The number of ether oxygens (including phenoxy) is 1. The summed E-state index contributed by atoms with van der Waals surface area (Å²) in [6.07, 6.45) is 6.32. The molecular weight excluding hydrogens is 244 g/mol. The van der Waals surface area contributed by atoms with Gasteiger partial charge < -0.3 is 9.84 Å². The first kappa shape index (κ1) is 15.5. The fourth-order valence-corrected chi connectivity index (χ4v) is 1.92. The highest BCUT2D eigenvalue weighted by atomic mass is 16.6. The van der Waals surface area contributed by atoms with Crippen LogP contribution in [0.1, 0.15) is 52.4 Å². The van der Waals surface area contributed by atoms with Crippen molar-refractivity contribution in [1.29, 1.82) is 0 Å². The predicted molar refractivity (Wildman–Crippen MR) is 72.7 cm³/mol. The van der Waals surface area contributed by atoms with Crippen LogP contribution in [0.5, 0.6) is 0 Å². The van der Waals surface area contributed by atoms with Crippen LogP contribution in [-0.4, -0.2) is 22.6 Å². The van der Waals surface area contributed by atoms with Gasteiger partial charge in [0, 0.05) is 11.1 Å². The minimum atomic E-state index is -0.937. The highest BCUT2D eigenvalue weighted by molar-refractivity contribution is 5.88. The Morgan fingerprint density at radius 1 is 1.42 bits per heavy atom. The van der Waals surface area contributed by atoms with Crippen molar-refractivity contribution < 1.29 is 19.4 Å². The molecule has 1 saturated carbocycles. The highest BCUT2D eigenvalue weighted by Gasteiger charge is 2.45. The van der Waals surface area contributed by atoms with Gasteiger partial charge in [0.05, 0.1) is 0 Å². The Morgan fingerprint density at radius 3 is 2.53 bits per heavy atom. The van der Waals surface area contributed by atoms with E-state index in [-0.39, 0.29) is 17.1 Å². The van der Waals surface area contributed by atoms with Gasteiger partial charge in [-0.05, 0) is 39.0 Å². The van der Waals surface area contributed by atoms with E-state index in [1.807, 2.05) is 0 Å². The maximum absolute atomic E-state index is 11.8. The molecule has 1 rings (SSSR count). The molecule has 19 heavy (non-hydrogen) atoms. The van der Waals surface area contributed by atoms with Gasteiger partial charge >= 0.3 is 11.9 Å². The molecule has 0 aromatic carbocycles. The van der Waals surface area contributed by atoms with Gasteiger partial charge in [-0.3, -0.25) is 0 Å². The summed E-state index contributed by atoms with van der Waals surface area (Å²) in [4.78, 5) is 22.4. The summed E-state index contributed by atoms with van der Waals surface area (Å²) in [5, 5.41) is 8.69. The van der Waals surface area contributed by atoms with E-state index < -0.39 is 5.97 Å². The van der Waals surface area contributed by atoms with Crippen LogP contribution in [-0.2, 0) is 14.3 Å². The van der Waals surface area contributed by atoms with Gasteiger partial charge in [-0.1, -0.05) is 26.0 Å². The van der Waals surface area contributed by atoms with Crippen molar-refractivity contribution in [3.05, 3.63) is 23.8 Å². The Bertz CT molecular complexity index is 402. The smallest absolute Gasteiger partial charge is 0.333 e. The first-order chi connectivity index (χ1) is 8.90. The normalized spacial score (nSPS) is 16.8. The zero-order valence-electron chi connectivity index (χ0n) is 11.7. The number of hydrogen-bond donors (Lipinski definition) is 1. The van der Waals surface area contributed by atoms with Crippen LogP contribution < -0.4 is 0 Å². The third-order valence-electron chi connectivity index (χ3n) is 3.35. The lowest BCUT2D eigenvalue weighted by Gasteiger charge is -2.16. The van der Waals surface area contributed by atoms with Gasteiger partial charge in [0.2, 0.25) is 0 Å². The van der Waals surface area contributed by atoms with Crippen molar-refractivity contribution in [3.8, 4) is 0 Å². The summed E-state index contributed by atoms with van der Waals surface area (Å²) in [5.74, 6) is -1.28. The fraction of sp³-hybridized carbons (Fsp3) is 0.600. The Labute approximate surface area is 114 Å². The second kappa shape index (κ2) is 6.55. The minimum Gasteiger partial charge on any atom is -0.478 e. The van der Waals surface area contributed by atoms with E-state index in [2.05, 4.69) is 13.5 Å². The molecule has 106 valence electrons. The van der Waals surface area contributed by atoms with Crippen molar-refractivity contribution in [2.75, 3.05) is 0 Å². The van der Waals surface area contributed by atoms with Crippen LogP contribution >= 0.6 is 0 Å². The maximum atomic E-state index is 11.8. The Kier molecular flexibility index (Phi) is 5.33. The number of carboxylic acids is 1. The molecule has 1 N–H and O–H groups in total. The quantitative estimate of drug-likeness (QED) is 0.541. The number of aliphatic carboxylic acids is 1. The molecule has 0 aliphatic heterocycles. The summed E-state index contributed by atoms with van der Waals surface area (Å²) in [7, 11) is 0. The Morgan fingerprint density at radius 2 is 2.05 bits per heavy atom. The third-order valence-corrected chi connectivity index (χ3v) is 3.35. The van der Waals surface area contributed by atoms with Crippen molar-refractivity contribution >= 4 is 11.9 Å². The van der Waals surface area contributed by atoms with Crippen LogP contribution in [0.3, 0.4) is 0 Å². The lowest BCUT2D eigenvalue weighted by molar-refractivity contribution is -0.146. The van der Waals surface area contributed by atoms with Crippen molar-refractivity contribution in [1.82, 2.24) is 0 Å². The Hall–Kier alpha value is -1.58. The molecule has 0 saturated heterocycles. The van der Waals surface area contributed by atoms with E-state index in [9.17, 15) is 9.59 Å². The molecule has 4 nitrogen and oxygen atoms in total. The van der Waals surface area contributed by atoms with Crippen LogP contribution in [0.2, 0.25) is 0 Å². The molecule has 0 amide bonds. The number of carboxylic acid groups (broad SMARTS) is 1. The summed E-state index contributed by atoms with van der Waals surface area (Å²) >= 11 is 0. The summed E-state index contributed by atoms with van der Waals surface area (Å²) in [6.45, 7) is 7.32. The maximum Gasteiger partial charge on any atom is 0.333 e. The zero-order valence-corrected chi connectivity index (χ0v) is 11.7. The molecule has 4 heteroatoms. The van der Waals surface area contributed by atoms with E-state index in [1.54, 1.807) is 6.08 Å². The monoisotopic (exact) mass is 266 g/mol. The number of carbonyl (C=O) groups excluding carboxylic acids is 1. The molecule has 1 fully saturated rings. The van der Waals surface area contributed by atoms with Crippen LogP contribution in [0.4, 0.5) is 0 Å². The molecule has 0 unspecified atom stereocenters. The van der Waals surface area contributed by atoms with E-state index in [0.717, 1.165) is 25.7 Å². The van der Waals surface area contributed by atoms with E-state index in [4.69, 9.17) is 9.84 Å². The number of esters is 1. The highest BCUT2D eigenvalue weighted by Crippen LogP contribution is 2.44. The van der Waals surface area contributed by atoms with E-state index in [1.165, 1.54) is 6.92 Å². The van der Waals surface area contributed by atoms with Crippen molar-refractivity contribution in [3.63, 3.8) is 0 Å². The standard InChI is InChI=1S/C15H22O4/c1-4-8-15(9-10-15)19-14(18)12(3)7-5-6-11(2)13(16)17/h6H,3-5,7-10H2,1-2H3,(H,16,17). The van der Waals surface area contributed by atoms with Crippen LogP contribution in [0.15, 0.2) is 23.8 Å². The van der Waals surface area contributed by atoms with Gasteiger partial charge in [-0.2, -0.15) is 0 Å². The van der Waals surface area contributed by atoms with Gasteiger partial charge in [-0.15, -0.1) is 0 Å².